The molecule has 2 aliphatic heterocycles. The van der Waals surface area contributed by atoms with E-state index in [4.69, 9.17) is 4.74 Å². The third-order valence-corrected chi connectivity index (χ3v) is 3.37. The normalized spacial score (nSPS) is 28.2. The molecule has 0 aromatic carbocycles. The number of ether oxygens (including phenoxy) is 1. The monoisotopic (exact) mass is 184 g/mol. The lowest BCUT2D eigenvalue weighted by Crippen LogP contribution is -2.52. The Balaban J connectivity index is 2.09. The SMILES string of the molecule is CN1CCC2(CC1)COC(=O)N2C. The first kappa shape index (κ1) is 8.81. The Hall–Kier alpha value is -0.770. The van der Waals surface area contributed by atoms with Gasteiger partial charge in [-0.1, -0.05) is 0 Å². The molecule has 0 atom stereocenters. The Kier molecular flexibility index (Phi) is 1.95. The molecule has 0 radical (unpaired) electrons. The van der Waals surface area contributed by atoms with Crippen molar-refractivity contribution in [2.24, 2.45) is 0 Å². The molecule has 2 fully saturated rings. The van der Waals surface area contributed by atoms with E-state index in [1.54, 1.807) is 4.90 Å². The Labute approximate surface area is 78.4 Å². The van der Waals surface area contributed by atoms with Gasteiger partial charge in [0.2, 0.25) is 0 Å². The van der Waals surface area contributed by atoms with Crippen molar-refractivity contribution in [2.75, 3.05) is 33.8 Å². The van der Waals surface area contributed by atoms with Crippen molar-refractivity contribution in [3.05, 3.63) is 0 Å². The van der Waals surface area contributed by atoms with Crippen LogP contribution in [-0.2, 0) is 4.74 Å². The summed E-state index contributed by atoms with van der Waals surface area (Å²) in [6.45, 7) is 2.69. The molecule has 2 heterocycles. The molecule has 0 aromatic heterocycles. The van der Waals surface area contributed by atoms with Gasteiger partial charge in [-0.05, 0) is 19.9 Å². The molecule has 13 heavy (non-hydrogen) atoms. The first-order chi connectivity index (χ1) is 6.14. The van der Waals surface area contributed by atoms with Gasteiger partial charge in [-0.25, -0.2) is 4.79 Å². The van der Waals surface area contributed by atoms with Gasteiger partial charge in [-0.15, -0.1) is 0 Å². The Morgan fingerprint density at radius 2 is 1.92 bits per heavy atom. The molecule has 1 spiro atoms. The number of hydrogen-bond donors (Lipinski definition) is 0. The van der Waals surface area contributed by atoms with Crippen molar-refractivity contribution in [1.82, 2.24) is 9.80 Å². The van der Waals surface area contributed by atoms with Crippen LogP contribution in [0.2, 0.25) is 0 Å². The lowest BCUT2D eigenvalue weighted by molar-refractivity contribution is 0.0984. The van der Waals surface area contributed by atoms with E-state index in [0.717, 1.165) is 25.9 Å². The molecule has 0 N–H and O–H groups in total. The molecule has 1 amide bonds. The number of nitrogens with zero attached hydrogens (tertiary/aromatic N) is 2. The summed E-state index contributed by atoms with van der Waals surface area (Å²) < 4.78 is 5.06. The van der Waals surface area contributed by atoms with Crippen molar-refractivity contribution in [2.45, 2.75) is 18.4 Å². The van der Waals surface area contributed by atoms with E-state index in [0.29, 0.717) is 6.61 Å². The van der Waals surface area contributed by atoms with Crippen LogP contribution in [0.5, 0.6) is 0 Å². The minimum Gasteiger partial charge on any atom is -0.447 e. The Bertz CT molecular complexity index is 222. The topological polar surface area (TPSA) is 32.8 Å². The summed E-state index contributed by atoms with van der Waals surface area (Å²) >= 11 is 0. The van der Waals surface area contributed by atoms with Gasteiger partial charge >= 0.3 is 6.09 Å². The van der Waals surface area contributed by atoms with Crippen LogP contribution in [0.4, 0.5) is 4.79 Å². The first-order valence-corrected chi connectivity index (χ1v) is 4.73. The van der Waals surface area contributed by atoms with E-state index >= 15 is 0 Å². The molecule has 74 valence electrons. The largest absolute Gasteiger partial charge is 0.447 e. The van der Waals surface area contributed by atoms with Crippen LogP contribution < -0.4 is 0 Å². The van der Waals surface area contributed by atoms with Crippen LogP contribution in [0.3, 0.4) is 0 Å². The smallest absolute Gasteiger partial charge is 0.410 e. The fourth-order valence-electron chi connectivity index (χ4n) is 2.10. The van der Waals surface area contributed by atoms with Gasteiger partial charge in [0.05, 0.1) is 5.54 Å². The van der Waals surface area contributed by atoms with Crippen LogP contribution in [0.25, 0.3) is 0 Å². The zero-order valence-corrected chi connectivity index (χ0v) is 8.25. The predicted octanol–water partition coefficient (Wildman–Crippen LogP) is 0.533. The van der Waals surface area contributed by atoms with Crippen molar-refractivity contribution in [3.63, 3.8) is 0 Å². The summed E-state index contributed by atoms with van der Waals surface area (Å²) in [5.41, 5.74) is 0.00356. The van der Waals surface area contributed by atoms with E-state index < -0.39 is 0 Å². The lowest BCUT2D eigenvalue weighted by Gasteiger charge is -2.39. The fraction of sp³-hybridized carbons (Fsp3) is 0.889. The van der Waals surface area contributed by atoms with E-state index in [1.807, 2.05) is 7.05 Å². The third-order valence-electron chi connectivity index (χ3n) is 3.37. The van der Waals surface area contributed by atoms with Crippen LogP contribution in [0, 0.1) is 0 Å². The first-order valence-electron chi connectivity index (χ1n) is 4.73. The molecule has 2 aliphatic rings. The number of carbonyl (C=O) groups excluding carboxylic acids is 1. The molecule has 0 aliphatic carbocycles. The van der Waals surface area contributed by atoms with Gasteiger partial charge < -0.3 is 14.5 Å². The summed E-state index contributed by atoms with van der Waals surface area (Å²) in [5.74, 6) is 0. The highest BCUT2D eigenvalue weighted by Gasteiger charge is 2.46. The van der Waals surface area contributed by atoms with Gasteiger partial charge in [0.15, 0.2) is 0 Å². The average Bonchev–Trinajstić information content (AvgIpc) is 2.40. The highest BCUT2D eigenvalue weighted by Crippen LogP contribution is 2.32. The van der Waals surface area contributed by atoms with Crippen LogP contribution in [0.1, 0.15) is 12.8 Å². The number of likely N-dealkylation sites (N-methyl/N-ethyl adjacent to an activating group) is 1. The molecule has 0 unspecified atom stereocenters. The summed E-state index contributed by atoms with van der Waals surface area (Å²) in [5, 5.41) is 0. The van der Waals surface area contributed by atoms with Crippen molar-refractivity contribution in [1.29, 1.82) is 0 Å². The zero-order chi connectivity index (χ0) is 9.47. The molecule has 0 aromatic rings. The zero-order valence-electron chi connectivity index (χ0n) is 8.25. The van der Waals surface area contributed by atoms with Crippen LogP contribution in [-0.4, -0.2) is 55.2 Å². The highest BCUT2D eigenvalue weighted by atomic mass is 16.6. The minimum atomic E-state index is -0.162. The second-order valence-electron chi connectivity index (χ2n) is 4.14. The van der Waals surface area contributed by atoms with Crippen molar-refractivity contribution >= 4 is 6.09 Å². The maximum atomic E-state index is 11.2. The lowest BCUT2D eigenvalue weighted by atomic mass is 9.88. The standard InChI is InChI=1S/C9H16N2O2/c1-10-5-3-9(4-6-10)7-13-8(12)11(9)2/h3-7H2,1-2H3. The van der Waals surface area contributed by atoms with Gasteiger partial charge in [0, 0.05) is 20.1 Å². The molecular formula is C9H16N2O2. The van der Waals surface area contributed by atoms with Crippen LogP contribution in [0.15, 0.2) is 0 Å². The maximum Gasteiger partial charge on any atom is 0.410 e. The Morgan fingerprint density at radius 3 is 2.38 bits per heavy atom. The van der Waals surface area contributed by atoms with Gasteiger partial charge in [-0.2, -0.15) is 0 Å². The number of rotatable bonds is 0. The van der Waals surface area contributed by atoms with Gasteiger partial charge in [0.1, 0.15) is 6.61 Å². The molecule has 2 rings (SSSR count). The summed E-state index contributed by atoms with van der Waals surface area (Å²) in [6.07, 6.45) is 1.90. The van der Waals surface area contributed by atoms with E-state index in [-0.39, 0.29) is 11.6 Å². The van der Waals surface area contributed by atoms with E-state index in [2.05, 4.69) is 11.9 Å². The number of carbonyl (C=O) groups is 1. The minimum absolute atomic E-state index is 0.00356. The van der Waals surface area contributed by atoms with Crippen molar-refractivity contribution < 1.29 is 9.53 Å². The summed E-state index contributed by atoms with van der Waals surface area (Å²) in [7, 11) is 3.96. The third kappa shape index (κ3) is 1.29. The fourth-order valence-corrected chi connectivity index (χ4v) is 2.10. The Morgan fingerprint density at radius 1 is 1.31 bits per heavy atom. The van der Waals surface area contributed by atoms with E-state index in [1.165, 1.54) is 0 Å². The highest BCUT2D eigenvalue weighted by molar-refractivity contribution is 5.70. The second-order valence-corrected chi connectivity index (χ2v) is 4.14. The quantitative estimate of drug-likeness (QED) is 0.550. The predicted molar refractivity (Wildman–Crippen MR) is 48.6 cm³/mol. The summed E-state index contributed by atoms with van der Waals surface area (Å²) in [4.78, 5) is 15.3. The van der Waals surface area contributed by atoms with Crippen molar-refractivity contribution in [3.8, 4) is 0 Å². The number of hydrogen-bond acceptors (Lipinski definition) is 3. The number of cyclic esters (lactones) is 1. The molecule has 2 saturated heterocycles. The summed E-state index contributed by atoms with van der Waals surface area (Å²) in [6, 6.07) is 0. The maximum absolute atomic E-state index is 11.2. The average molecular weight is 184 g/mol. The molecule has 4 nitrogen and oxygen atoms in total. The number of piperidine rings is 1. The number of likely N-dealkylation sites (tertiary alicyclic amines) is 1. The molecule has 0 bridgehead atoms. The molecule has 4 heteroatoms. The molecular weight excluding hydrogens is 168 g/mol. The number of amides is 1. The second kappa shape index (κ2) is 2.87. The van der Waals surface area contributed by atoms with Gasteiger partial charge in [0.25, 0.3) is 0 Å². The van der Waals surface area contributed by atoms with E-state index in [9.17, 15) is 4.79 Å². The van der Waals surface area contributed by atoms with Gasteiger partial charge in [-0.3, -0.25) is 0 Å². The van der Waals surface area contributed by atoms with Crippen LogP contribution >= 0.6 is 0 Å². The molecule has 0 saturated carbocycles.